The molecular weight excluding hydrogens is 536 g/mol. The van der Waals surface area contributed by atoms with Gasteiger partial charge in [-0.3, -0.25) is 14.4 Å². The lowest BCUT2D eigenvalue weighted by Gasteiger charge is -2.15. The molecular formula is C32H46N4O4S. The number of thiazole rings is 1. The summed E-state index contributed by atoms with van der Waals surface area (Å²) in [5.41, 5.74) is 18.1. The van der Waals surface area contributed by atoms with E-state index in [-0.39, 0.29) is 18.4 Å². The molecule has 0 aliphatic heterocycles. The third-order valence-corrected chi connectivity index (χ3v) is 7.14. The monoisotopic (exact) mass is 582 g/mol. The van der Waals surface area contributed by atoms with Crippen LogP contribution in [0.5, 0.6) is 0 Å². The highest BCUT2D eigenvalue weighted by Gasteiger charge is 2.09. The van der Waals surface area contributed by atoms with Crippen LogP contribution in [0.25, 0.3) is 10.4 Å². The molecule has 9 heteroatoms. The molecule has 0 saturated carbocycles. The molecule has 0 spiro atoms. The molecule has 3 aromatic rings. The van der Waals surface area contributed by atoms with Gasteiger partial charge < -0.3 is 21.5 Å². The van der Waals surface area contributed by atoms with Gasteiger partial charge in [-0.1, -0.05) is 69.3 Å². The van der Waals surface area contributed by atoms with E-state index in [4.69, 9.17) is 16.2 Å². The number of nitrogens with one attached hydrogen (secondary N) is 1. The second-order valence-electron chi connectivity index (χ2n) is 9.31. The highest BCUT2D eigenvalue weighted by Crippen LogP contribution is 2.27. The van der Waals surface area contributed by atoms with Gasteiger partial charge in [0.15, 0.2) is 0 Å². The lowest BCUT2D eigenvalue weighted by molar-refractivity contribution is -0.119. The van der Waals surface area contributed by atoms with Crippen LogP contribution in [-0.4, -0.2) is 35.9 Å². The summed E-state index contributed by atoms with van der Waals surface area (Å²) in [6.07, 6.45) is 5.43. The van der Waals surface area contributed by atoms with E-state index in [1.54, 1.807) is 11.3 Å². The van der Waals surface area contributed by atoms with Crippen LogP contribution in [0.3, 0.4) is 0 Å². The summed E-state index contributed by atoms with van der Waals surface area (Å²) in [6.45, 7) is 8.98. The molecule has 1 aromatic heterocycles. The molecule has 1 unspecified atom stereocenters. The zero-order chi connectivity index (χ0) is 30.5. The molecule has 0 aliphatic rings. The van der Waals surface area contributed by atoms with Gasteiger partial charge in [-0.25, -0.2) is 4.98 Å². The van der Waals surface area contributed by atoms with E-state index in [1.807, 2.05) is 43.6 Å². The maximum Gasteiger partial charge on any atom is 0.217 e. The summed E-state index contributed by atoms with van der Waals surface area (Å²) >= 11 is 1.70. The summed E-state index contributed by atoms with van der Waals surface area (Å²) in [5, 5.41) is 2.62. The third kappa shape index (κ3) is 15.1. The van der Waals surface area contributed by atoms with Gasteiger partial charge in [0, 0.05) is 12.8 Å². The minimum absolute atomic E-state index is 0.208. The first-order valence-electron chi connectivity index (χ1n) is 14.2. The quantitative estimate of drug-likeness (QED) is 0.152. The van der Waals surface area contributed by atoms with Crippen molar-refractivity contribution in [3.05, 3.63) is 76.4 Å². The SMILES string of the molecule is CC.CCc1ccc(-c2scnc2C)cc1.NC(=O)CCCCc1ccc(COCC(CCC(N)=O)NC=O)cc1. The fraction of sp³-hybridized carbons (Fsp3) is 0.438. The zero-order valence-electron chi connectivity index (χ0n) is 24.9. The van der Waals surface area contributed by atoms with E-state index < -0.39 is 5.91 Å². The summed E-state index contributed by atoms with van der Waals surface area (Å²) < 4.78 is 5.61. The van der Waals surface area contributed by atoms with Crippen molar-refractivity contribution in [3.63, 3.8) is 0 Å². The maximum absolute atomic E-state index is 10.8. The number of benzene rings is 2. The number of aryl methyl sites for hydroxylation is 3. The van der Waals surface area contributed by atoms with Crippen LogP contribution in [0.15, 0.2) is 54.0 Å². The summed E-state index contributed by atoms with van der Waals surface area (Å²) in [7, 11) is 0. The molecule has 3 rings (SSSR count). The first-order chi connectivity index (χ1) is 19.8. The van der Waals surface area contributed by atoms with E-state index >= 15 is 0 Å². The van der Waals surface area contributed by atoms with Crippen molar-refractivity contribution in [2.75, 3.05) is 6.61 Å². The lowest BCUT2D eigenvalue weighted by atomic mass is 10.1. The summed E-state index contributed by atoms with van der Waals surface area (Å²) in [6, 6.07) is 16.6. The van der Waals surface area contributed by atoms with E-state index in [0.29, 0.717) is 32.5 Å². The Morgan fingerprint density at radius 3 is 2.10 bits per heavy atom. The van der Waals surface area contributed by atoms with Crippen LogP contribution in [0.2, 0.25) is 0 Å². The molecule has 2 aromatic carbocycles. The third-order valence-electron chi connectivity index (χ3n) is 6.16. The van der Waals surface area contributed by atoms with Crippen LogP contribution >= 0.6 is 11.3 Å². The number of aromatic nitrogens is 1. The Labute approximate surface area is 248 Å². The molecule has 0 bridgehead atoms. The molecule has 8 nitrogen and oxygen atoms in total. The number of amides is 3. The van der Waals surface area contributed by atoms with Crippen LogP contribution < -0.4 is 16.8 Å². The number of nitrogens with two attached hydrogens (primary N) is 2. The first kappa shape index (κ1) is 35.5. The van der Waals surface area contributed by atoms with Crippen LogP contribution in [0.4, 0.5) is 0 Å². The molecule has 41 heavy (non-hydrogen) atoms. The van der Waals surface area contributed by atoms with Crippen LogP contribution in [0, 0.1) is 6.92 Å². The average molecular weight is 583 g/mol. The minimum atomic E-state index is -0.399. The van der Waals surface area contributed by atoms with Gasteiger partial charge in [-0.05, 0) is 61.3 Å². The van der Waals surface area contributed by atoms with Crippen molar-refractivity contribution in [3.8, 4) is 10.4 Å². The Morgan fingerprint density at radius 2 is 1.56 bits per heavy atom. The van der Waals surface area contributed by atoms with E-state index in [9.17, 15) is 14.4 Å². The number of primary amides is 2. The number of hydrogen-bond donors (Lipinski definition) is 3. The number of rotatable bonds is 16. The smallest absolute Gasteiger partial charge is 0.217 e. The normalized spacial score (nSPS) is 10.8. The molecule has 1 atom stereocenters. The molecule has 0 radical (unpaired) electrons. The van der Waals surface area contributed by atoms with Gasteiger partial charge >= 0.3 is 0 Å². The number of hydrogen-bond acceptors (Lipinski definition) is 6. The van der Waals surface area contributed by atoms with Crippen molar-refractivity contribution < 1.29 is 19.1 Å². The zero-order valence-corrected chi connectivity index (χ0v) is 25.7. The van der Waals surface area contributed by atoms with E-state index in [0.717, 1.165) is 36.9 Å². The molecule has 0 saturated heterocycles. The lowest BCUT2D eigenvalue weighted by Crippen LogP contribution is -2.33. The predicted molar refractivity (Wildman–Crippen MR) is 167 cm³/mol. The molecule has 0 aliphatic carbocycles. The van der Waals surface area contributed by atoms with Gasteiger partial charge in [0.2, 0.25) is 18.2 Å². The number of ether oxygens (including phenoxy) is 1. The van der Waals surface area contributed by atoms with Gasteiger partial charge in [0.25, 0.3) is 0 Å². The maximum atomic E-state index is 10.8. The molecule has 224 valence electrons. The Hall–Kier alpha value is -3.56. The Balaban J connectivity index is 0.000000439. The second-order valence-corrected chi connectivity index (χ2v) is 10.2. The Bertz CT molecular complexity index is 1150. The fourth-order valence-corrected chi connectivity index (χ4v) is 4.66. The largest absolute Gasteiger partial charge is 0.375 e. The predicted octanol–water partition coefficient (Wildman–Crippen LogP) is 5.49. The average Bonchev–Trinajstić information content (AvgIpc) is 3.41. The van der Waals surface area contributed by atoms with Gasteiger partial charge in [0.05, 0.1) is 35.3 Å². The first-order valence-corrected chi connectivity index (χ1v) is 15.1. The molecule has 3 amide bonds. The highest BCUT2D eigenvalue weighted by atomic mass is 32.1. The van der Waals surface area contributed by atoms with Gasteiger partial charge in [-0.2, -0.15) is 0 Å². The molecule has 1 heterocycles. The molecule has 0 fully saturated rings. The minimum Gasteiger partial charge on any atom is -0.375 e. The van der Waals surface area contributed by atoms with Crippen LogP contribution in [-0.2, 0) is 38.6 Å². The van der Waals surface area contributed by atoms with E-state index in [1.165, 1.54) is 21.6 Å². The van der Waals surface area contributed by atoms with Gasteiger partial charge in [0.1, 0.15) is 0 Å². The number of carbonyl (C=O) groups is 3. The number of unbranched alkanes of at least 4 members (excludes halogenated alkanes) is 1. The summed E-state index contributed by atoms with van der Waals surface area (Å²) in [4.78, 5) is 37.6. The van der Waals surface area contributed by atoms with Gasteiger partial charge in [-0.15, -0.1) is 11.3 Å². The molecule has 5 N–H and O–H groups in total. The van der Waals surface area contributed by atoms with Crippen molar-refractivity contribution in [2.45, 2.75) is 85.3 Å². The Kier molecular flexibility index (Phi) is 18.4. The topological polar surface area (TPSA) is 137 Å². The number of carbonyl (C=O) groups excluding carboxylic acids is 3. The second kappa shape index (κ2) is 21.2. The van der Waals surface area contributed by atoms with Crippen molar-refractivity contribution >= 4 is 29.6 Å². The van der Waals surface area contributed by atoms with Crippen LogP contribution in [0.1, 0.15) is 75.3 Å². The standard InChI is InChI=1S/C18H27N3O4.C12H13NS.C2H6/c19-17(23)4-2-1-3-14-5-7-15(8-6-14)11-25-12-16(21-13-22)9-10-18(20)24;1-3-10-4-6-11(7-5-10)12-9(2)13-8-14-12;1-2/h5-8,13,16H,1-4,9-12H2,(H2,19,23)(H2,20,24)(H,21,22);4-8H,3H2,1-2H3;1-2H3. The number of nitrogens with zero attached hydrogens (tertiary/aromatic N) is 1. The van der Waals surface area contributed by atoms with Crippen molar-refractivity contribution in [1.29, 1.82) is 0 Å². The summed E-state index contributed by atoms with van der Waals surface area (Å²) in [5.74, 6) is -0.658. The fourth-order valence-electron chi connectivity index (χ4n) is 3.85. The van der Waals surface area contributed by atoms with Crippen molar-refractivity contribution in [1.82, 2.24) is 10.3 Å². The highest BCUT2D eigenvalue weighted by molar-refractivity contribution is 7.13. The Morgan fingerprint density at radius 1 is 0.951 bits per heavy atom. The van der Waals surface area contributed by atoms with Crippen molar-refractivity contribution in [2.24, 2.45) is 11.5 Å². The van der Waals surface area contributed by atoms with E-state index in [2.05, 4.69) is 48.4 Å².